The maximum atomic E-state index is 5.97. The zero-order chi connectivity index (χ0) is 47.3. The van der Waals surface area contributed by atoms with E-state index in [0.29, 0.717) is 39.9 Å². The van der Waals surface area contributed by atoms with Crippen LogP contribution in [0.15, 0.2) is 0 Å². The second-order valence-corrected chi connectivity index (χ2v) is 31.0. The molecule has 0 aromatic heterocycles. The Morgan fingerprint density at radius 1 is 0.284 bits per heavy atom. The predicted molar refractivity (Wildman–Crippen MR) is 286 cm³/mol. The minimum atomic E-state index is 0. The highest BCUT2D eigenvalue weighted by Gasteiger charge is 2.54. The summed E-state index contributed by atoms with van der Waals surface area (Å²) >= 11 is 0. The Morgan fingerprint density at radius 3 is 0.821 bits per heavy atom. The fourth-order valence-electron chi connectivity index (χ4n) is 18.2. The van der Waals surface area contributed by atoms with Crippen molar-refractivity contribution in [1.82, 2.24) is 24.5 Å². The van der Waals surface area contributed by atoms with Crippen molar-refractivity contribution in [2.45, 2.75) is 291 Å². The van der Waals surface area contributed by atoms with Gasteiger partial charge in [0.05, 0.1) is 12.2 Å². The minimum absolute atomic E-state index is 0. The Labute approximate surface area is 417 Å². The summed E-state index contributed by atoms with van der Waals surface area (Å²) in [6.45, 7) is 43.5. The first-order valence-corrected chi connectivity index (χ1v) is 29.2. The van der Waals surface area contributed by atoms with Crippen LogP contribution in [0.5, 0.6) is 0 Å². The topological polar surface area (TPSA) is 25.4 Å². The smallest absolute Gasteiger partial charge is 0.0624 e. The molecule has 0 spiro atoms. The summed E-state index contributed by atoms with van der Waals surface area (Å²) in [6.07, 6.45) is 28.0. The number of hydrogen-bond donors (Lipinski definition) is 0. The van der Waals surface area contributed by atoms with Crippen LogP contribution in [0.3, 0.4) is 0 Å². The molecule has 0 N–H and O–H groups in total. The molecule has 14 bridgehead atoms. The first-order valence-electron chi connectivity index (χ1n) is 29.2. The van der Waals surface area contributed by atoms with Gasteiger partial charge in [-0.1, -0.05) is 7.43 Å². The van der Waals surface area contributed by atoms with E-state index >= 15 is 0 Å². The molecule has 6 aliphatic carbocycles. The highest BCUT2D eigenvalue weighted by Crippen LogP contribution is 2.51. The zero-order valence-electron chi connectivity index (χ0n) is 46.4. The molecular formula is C61H113N5O. The van der Waals surface area contributed by atoms with E-state index in [-0.39, 0.29) is 7.43 Å². The van der Waals surface area contributed by atoms with Gasteiger partial charge in [0.25, 0.3) is 0 Å². The Bertz CT molecular complexity index is 1470. The lowest BCUT2D eigenvalue weighted by Crippen LogP contribution is -2.49. The second kappa shape index (κ2) is 19.9. The SMILES string of the molecule is C.CC(C)(C)N1CC2C3CCC(O3)C2C1.CC(C)(C)N1CC2CC3CC(C2)CC1C3.CC(C)(C)N1CC2CC3CC(C2)CC1C3.CC(C)(C)N1CC2CCC1C2.CC(C)(C)N1CC2CCC1C2. The standard InChI is InChI=1S/2C14H25N.C12H21NO.2C10H19N.CH4/c2*1-14(2,3)15-9-12-5-10-4-11(6-12)8-13(15)7-10;1-12(2,3)13-6-8-9(7-13)11-5-4-10(8)14-11;2*1-10(2,3)11-7-8-4-5-9(11)6-8;/h2*10-13H,4-9H2,1-3H3;8-11H,4-7H2,1-3H3;2*8-9H,4-7H2,1-3H3;1H4. The molecule has 12 atom stereocenters. The van der Waals surface area contributed by atoms with Crippen LogP contribution in [0.25, 0.3) is 0 Å². The molecule has 0 radical (unpaired) electrons. The van der Waals surface area contributed by atoms with E-state index in [0.717, 1.165) is 83.3 Å². The second-order valence-electron chi connectivity index (χ2n) is 31.0. The summed E-state index contributed by atoms with van der Waals surface area (Å²) < 4.78 is 5.97. The quantitative estimate of drug-likeness (QED) is 0.240. The van der Waals surface area contributed by atoms with Gasteiger partial charge in [0.2, 0.25) is 0 Å². The minimum Gasteiger partial charge on any atom is -0.374 e. The highest BCUT2D eigenvalue weighted by molar-refractivity contribution is 5.05. The molecule has 0 aromatic rings. The number of rotatable bonds is 0. The first kappa shape index (κ1) is 53.1. The summed E-state index contributed by atoms with van der Waals surface area (Å²) in [5, 5.41) is 0. The van der Waals surface area contributed by atoms with Crippen molar-refractivity contribution in [2.75, 3.05) is 39.3 Å². The van der Waals surface area contributed by atoms with E-state index in [2.05, 4.69) is 128 Å². The van der Waals surface area contributed by atoms with Crippen molar-refractivity contribution in [3.63, 3.8) is 0 Å². The van der Waals surface area contributed by atoms with Crippen LogP contribution in [0.1, 0.15) is 227 Å². The van der Waals surface area contributed by atoms with Gasteiger partial charge in [-0.2, -0.15) is 0 Å². The van der Waals surface area contributed by atoms with E-state index in [1.807, 2.05) is 0 Å². The van der Waals surface area contributed by atoms with E-state index in [9.17, 15) is 0 Å². The van der Waals surface area contributed by atoms with Gasteiger partial charge in [0.1, 0.15) is 0 Å². The van der Waals surface area contributed by atoms with E-state index in [1.165, 1.54) is 116 Å². The van der Waals surface area contributed by atoms with Crippen molar-refractivity contribution < 1.29 is 4.74 Å². The maximum Gasteiger partial charge on any atom is 0.0624 e. The monoisotopic (exact) mass is 932 g/mol. The largest absolute Gasteiger partial charge is 0.374 e. The molecule has 9 heterocycles. The summed E-state index contributed by atoms with van der Waals surface area (Å²) in [4.78, 5) is 13.7. The molecule has 9 saturated heterocycles. The molecule has 0 aromatic carbocycles. The molecule has 67 heavy (non-hydrogen) atoms. The van der Waals surface area contributed by atoms with Gasteiger partial charge >= 0.3 is 0 Å². The van der Waals surface area contributed by atoms with Crippen molar-refractivity contribution in [3.05, 3.63) is 0 Å². The van der Waals surface area contributed by atoms with E-state index in [4.69, 9.17) is 4.74 Å². The van der Waals surface area contributed by atoms with Crippen LogP contribution in [0.2, 0.25) is 0 Å². The predicted octanol–water partition coefficient (Wildman–Crippen LogP) is 13.7. The van der Waals surface area contributed by atoms with Crippen molar-refractivity contribution in [1.29, 1.82) is 0 Å². The van der Waals surface area contributed by atoms with Gasteiger partial charge in [-0.3, -0.25) is 24.5 Å². The van der Waals surface area contributed by atoms with Gasteiger partial charge in [0, 0.05) is 103 Å². The first-order chi connectivity index (χ1) is 30.7. The van der Waals surface area contributed by atoms with Gasteiger partial charge in [-0.25, -0.2) is 0 Å². The third-order valence-electron chi connectivity index (χ3n) is 20.9. The van der Waals surface area contributed by atoms with Gasteiger partial charge in [-0.05, 0) is 267 Å². The molecule has 15 fully saturated rings. The van der Waals surface area contributed by atoms with Gasteiger partial charge < -0.3 is 4.74 Å². The number of ether oxygens (including phenoxy) is 1. The lowest BCUT2D eigenvalue weighted by atomic mass is 9.68. The molecular weight excluding hydrogens is 819 g/mol. The Balaban J connectivity index is 0.000000114. The molecule has 388 valence electrons. The molecule has 15 aliphatic rings. The van der Waals surface area contributed by atoms with Crippen LogP contribution in [0, 0.1) is 59.2 Å². The summed E-state index contributed by atoms with van der Waals surface area (Å²) in [7, 11) is 0. The number of piperidine rings is 2. The average molecular weight is 933 g/mol. The summed E-state index contributed by atoms with van der Waals surface area (Å²) in [6, 6.07) is 3.70. The fraction of sp³-hybridized carbons (Fsp3) is 1.00. The van der Waals surface area contributed by atoms with Crippen molar-refractivity contribution >= 4 is 0 Å². The van der Waals surface area contributed by atoms with Gasteiger partial charge in [-0.15, -0.1) is 0 Å². The molecule has 15 rings (SSSR count). The van der Waals surface area contributed by atoms with Crippen LogP contribution in [-0.2, 0) is 4.74 Å². The zero-order valence-corrected chi connectivity index (χ0v) is 46.4. The third-order valence-corrected chi connectivity index (χ3v) is 20.9. The van der Waals surface area contributed by atoms with Crippen molar-refractivity contribution in [2.24, 2.45) is 59.2 Å². The van der Waals surface area contributed by atoms with Gasteiger partial charge in [0.15, 0.2) is 0 Å². The Morgan fingerprint density at radius 2 is 0.567 bits per heavy atom. The highest BCUT2D eigenvalue weighted by atomic mass is 16.5. The van der Waals surface area contributed by atoms with E-state index < -0.39 is 0 Å². The van der Waals surface area contributed by atoms with Crippen LogP contribution in [-0.4, -0.2) is 128 Å². The van der Waals surface area contributed by atoms with E-state index in [1.54, 1.807) is 38.5 Å². The third kappa shape index (κ3) is 12.1. The number of likely N-dealkylation sites (tertiary alicyclic amines) is 3. The Kier molecular flexibility index (Phi) is 15.8. The average Bonchev–Trinajstić information content (AvgIpc) is 4.07. The summed E-state index contributed by atoms with van der Waals surface area (Å²) in [5.74, 6) is 10.2. The molecule has 9 aliphatic heterocycles. The number of nitrogens with zero attached hydrogens (tertiary/aromatic N) is 5. The number of fused-ring (bicyclic) bond motifs is 11. The molecule has 0 amide bonds. The van der Waals surface area contributed by atoms with Crippen LogP contribution >= 0.6 is 0 Å². The van der Waals surface area contributed by atoms with Crippen LogP contribution in [0.4, 0.5) is 0 Å². The lowest BCUT2D eigenvalue weighted by molar-refractivity contribution is 0.0550. The molecule has 6 heteroatoms. The molecule has 12 unspecified atom stereocenters. The molecule has 6 saturated carbocycles. The van der Waals surface area contributed by atoms with Crippen molar-refractivity contribution in [3.8, 4) is 0 Å². The summed E-state index contributed by atoms with van der Waals surface area (Å²) in [5.41, 5.74) is 1.97. The lowest BCUT2D eigenvalue weighted by Gasteiger charge is -2.43. The van der Waals surface area contributed by atoms with Crippen LogP contribution < -0.4 is 0 Å². The fourth-order valence-corrected chi connectivity index (χ4v) is 18.2. The maximum absolute atomic E-state index is 5.97. The normalized spacial score (nSPS) is 43.0. The number of hydrogen-bond acceptors (Lipinski definition) is 6. The Hall–Kier alpha value is -0.240. The molecule has 6 nitrogen and oxygen atoms in total.